The molecule has 0 bridgehead atoms. The summed E-state index contributed by atoms with van der Waals surface area (Å²) in [4.78, 5) is 5.10. The molecule has 1 rings (SSSR count). The average molecular weight is 267 g/mol. The molecule has 0 aliphatic heterocycles. The molecule has 5 nitrogen and oxygen atoms in total. The lowest BCUT2D eigenvalue weighted by atomic mass is 10.3. The fourth-order valence-electron chi connectivity index (χ4n) is 1.46. The van der Waals surface area contributed by atoms with E-state index in [9.17, 15) is 13.2 Å². The third kappa shape index (κ3) is 5.46. The van der Waals surface area contributed by atoms with Crippen LogP contribution in [0.1, 0.15) is 25.1 Å². The first-order chi connectivity index (χ1) is 8.44. The highest BCUT2D eigenvalue weighted by molar-refractivity contribution is 4.86. The molecule has 1 heterocycles. The molecule has 0 radical (unpaired) electrons. The standard InChI is InChI=1S/C10H16F3N3O2/c1-2-9-14-8(15-18-9)6-16(4-3-5-17)7-10(11,12)13/h17H,2-7H2,1H3. The van der Waals surface area contributed by atoms with E-state index in [0.29, 0.717) is 12.3 Å². The van der Waals surface area contributed by atoms with Gasteiger partial charge in [-0.1, -0.05) is 12.1 Å². The molecule has 0 amide bonds. The first-order valence-electron chi connectivity index (χ1n) is 5.66. The maximum Gasteiger partial charge on any atom is 0.401 e. The van der Waals surface area contributed by atoms with Crippen molar-refractivity contribution in [2.24, 2.45) is 0 Å². The molecule has 0 aliphatic rings. The second-order valence-corrected chi connectivity index (χ2v) is 3.86. The van der Waals surface area contributed by atoms with Crippen molar-refractivity contribution >= 4 is 0 Å². The smallest absolute Gasteiger partial charge is 0.396 e. The lowest BCUT2D eigenvalue weighted by Gasteiger charge is -2.21. The number of nitrogens with zero attached hydrogens (tertiary/aromatic N) is 3. The third-order valence-corrected chi connectivity index (χ3v) is 2.21. The maximum absolute atomic E-state index is 12.3. The van der Waals surface area contributed by atoms with E-state index in [1.165, 1.54) is 0 Å². The van der Waals surface area contributed by atoms with Crippen LogP contribution in [0.4, 0.5) is 13.2 Å². The Labute approximate surface area is 103 Å². The number of halogens is 3. The molecule has 0 aromatic carbocycles. The van der Waals surface area contributed by atoms with Crippen molar-refractivity contribution in [3.8, 4) is 0 Å². The molecule has 0 atom stereocenters. The first-order valence-corrected chi connectivity index (χ1v) is 5.66. The number of alkyl halides is 3. The van der Waals surface area contributed by atoms with Crippen molar-refractivity contribution in [1.29, 1.82) is 0 Å². The molecule has 8 heteroatoms. The normalized spacial score (nSPS) is 12.3. The van der Waals surface area contributed by atoms with Gasteiger partial charge in [0.1, 0.15) is 0 Å². The Kier molecular flexibility index (Phi) is 5.54. The van der Waals surface area contributed by atoms with Gasteiger partial charge in [0.2, 0.25) is 5.89 Å². The van der Waals surface area contributed by atoms with E-state index < -0.39 is 12.7 Å². The van der Waals surface area contributed by atoms with Gasteiger partial charge in [-0.2, -0.15) is 18.2 Å². The lowest BCUT2D eigenvalue weighted by Crippen LogP contribution is -2.35. The summed E-state index contributed by atoms with van der Waals surface area (Å²) in [5.74, 6) is 0.633. The van der Waals surface area contributed by atoms with Crippen LogP contribution in [-0.2, 0) is 13.0 Å². The van der Waals surface area contributed by atoms with Crippen LogP contribution < -0.4 is 0 Å². The molecule has 0 aliphatic carbocycles. The number of hydrogen-bond donors (Lipinski definition) is 1. The number of aromatic nitrogens is 2. The Bertz CT molecular complexity index is 354. The van der Waals surface area contributed by atoms with Crippen LogP contribution >= 0.6 is 0 Å². The van der Waals surface area contributed by atoms with E-state index in [-0.39, 0.29) is 31.9 Å². The van der Waals surface area contributed by atoms with E-state index in [2.05, 4.69) is 10.1 Å². The van der Waals surface area contributed by atoms with Gasteiger partial charge in [-0.05, 0) is 6.42 Å². The van der Waals surface area contributed by atoms with Gasteiger partial charge in [-0.25, -0.2) is 0 Å². The van der Waals surface area contributed by atoms with Gasteiger partial charge in [0.25, 0.3) is 0 Å². The van der Waals surface area contributed by atoms with Crippen LogP contribution in [0, 0.1) is 0 Å². The van der Waals surface area contributed by atoms with Gasteiger partial charge in [0.15, 0.2) is 5.82 Å². The molecular weight excluding hydrogens is 251 g/mol. The van der Waals surface area contributed by atoms with Crippen LogP contribution in [0.5, 0.6) is 0 Å². The quantitative estimate of drug-likeness (QED) is 0.808. The summed E-state index contributed by atoms with van der Waals surface area (Å²) in [5, 5.41) is 12.3. The zero-order valence-electron chi connectivity index (χ0n) is 10.1. The van der Waals surface area contributed by atoms with E-state index >= 15 is 0 Å². The van der Waals surface area contributed by atoms with Gasteiger partial charge >= 0.3 is 6.18 Å². The van der Waals surface area contributed by atoms with Crippen molar-refractivity contribution in [1.82, 2.24) is 15.0 Å². The zero-order valence-corrected chi connectivity index (χ0v) is 10.1. The minimum Gasteiger partial charge on any atom is -0.396 e. The molecule has 0 saturated carbocycles. The van der Waals surface area contributed by atoms with E-state index in [0.717, 1.165) is 4.90 Å². The van der Waals surface area contributed by atoms with Crippen molar-refractivity contribution in [2.45, 2.75) is 32.5 Å². The summed E-state index contributed by atoms with van der Waals surface area (Å²) in [5.41, 5.74) is 0. The van der Waals surface area contributed by atoms with Crippen molar-refractivity contribution in [3.05, 3.63) is 11.7 Å². The van der Waals surface area contributed by atoms with Crippen molar-refractivity contribution in [2.75, 3.05) is 19.7 Å². The van der Waals surface area contributed by atoms with E-state index in [4.69, 9.17) is 9.63 Å². The first kappa shape index (κ1) is 14.9. The summed E-state index contributed by atoms with van der Waals surface area (Å²) in [7, 11) is 0. The highest BCUT2D eigenvalue weighted by Gasteiger charge is 2.31. The number of aliphatic hydroxyl groups is 1. The highest BCUT2D eigenvalue weighted by Crippen LogP contribution is 2.17. The second kappa shape index (κ2) is 6.69. The second-order valence-electron chi connectivity index (χ2n) is 3.86. The summed E-state index contributed by atoms with van der Waals surface area (Å²) in [6, 6.07) is 0. The summed E-state index contributed by atoms with van der Waals surface area (Å²) >= 11 is 0. The van der Waals surface area contributed by atoms with E-state index in [1.807, 2.05) is 6.92 Å². The predicted molar refractivity (Wildman–Crippen MR) is 56.7 cm³/mol. The lowest BCUT2D eigenvalue weighted by molar-refractivity contribution is -0.147. The minimum atomic E-state index is -4.28. The molecule has 0 unspecified atom stereocenters. The summed E-state index contributed by atoms with van der Waals surface area (Å²) < 4.78 is 41.8. The molecule has 1 aromatic rings. The number of aliphatic hydroxyl groups excluding tert-OH is 1. The molecule has 1 aromatic heterocycles. The molecule has 104 valence electrons. The fourth-order valence-corrected chi connectivity index (χ4v) is 1.46. The highest BCUT2D eigenvalue weighted by atomic mass is 19.4. The Hall–Kier alpha value is -1.15. The monoisotopic (exact) mass is 267 g/mol. The summed E-state index contributed by atoms with van der Waals surface area (Å²) in [6.07, 6.45) is -3.47. The fraction of sp³-hybridized carbons (Fsp3) is 0.800. The van der Waals surface area contributed by atoms with Gasteiger partial charge in [0, 0.05) is 19.6 Å². The third-order valence-electron chi connectivity index (χ3n) is 2.21. The van der Waals surface area contributed by atoms with Crippen LogP contribution in [0.15, 0.2) is 4.52 Å². The van der Waals surface area contributed by atoms with Gasteiger partial charge in [-0.15, -0.1) is 0 Å². The Balaban J connectivity index is 2.59. The molecule has 0 saturated heterocycles. The number of rotatable bonds is 7. The van der Waals surface area contributed by atoms with Crippen LogP contribution in [0.3, 0.4) is 0 Å². The molecular formula is C10H16F3N3O2. The predicted octanol–water partition coefficient (Wildman–Crippen LogP) is 1.38. The van der Waals surface area contributed by atoms with Gasteiger partial charge in [0.05, 0.1) is 13.1 Å². The van der Waals surface area contributed by atoms with Gasteiger partial charge in [-0.3, -0.25) is 4.90 Å². The average Bonchev–Trinajstić information content (AvgIpc) is 2.71. The van der Waals surface area contributed by atoms with Crippen molar-refractivity contribution in [3.63, 3.8) is 0 Å². The van der Waals surface area contributed by atoms with Crippen molar-refractivity contribution < 1.29 is 22.8 Å². The molecule has 0 fully saturated rings. The topological polar surface area (TPSA) is 62.4 Å². The number of hydrogen-bond acceptors (Lipinski definition) is 5. The maximum atomic E-state index is 12.3. The molecule has 0 spiro atoms. The van der Waals surface area contributed by atoms with Crippen LogP contribution in [0.25, 0.3) is 0 Å². The Morgan fingerprint density at radius 1 is 1.39 bits per heavy atom. The van der Waals surface area contributed by atoms with Gasteiger partial charge < -0.3 is 9.63 Å². The Morgan fingerprint density at radius 3 is 2.61 bits per heavy atom. The molecule has 18 heavy (non-hydrogen) atoms. The largest absolute Gasteiger partial charge is 0.401 e. The van der Waals surface area contributed by atoms with Crippen LogP contribution in [-0.4, -0.2) is 46.0 Å². The number of aryl methyl sites for hydroxylation is 1. The summed E-state index contributed by atoms with van der Waals surface area (Å²) in [6.45, 7) is 0.704. The zero-order chi connectivity index (χ0) is 13.6. The Morgan fingerprint density at radius 2 is 2.11 bits per heavy atom. The SMILES string of the molecule is CCc1nc(CN(CCCO)CC(F)(F)F)no1. The molecule has 1 N–H and O–H groups in total. The van der Waals surface area contributed by atoms with Crippen LogP contribution in [0.2, 0.25) is 0 Å². The minimum absolute atomic E-state index is 0.0387. The van der Waals surface area contributed by atoms with E-state index in [1.54, 1.807) is 0 Å².